The van der Waals surface area contributed by atoms with E-state index < -0.39 is 17.0 Å². The average molecular weight is 421 g/mol. The molecule has 7 nitrogen and oxygen atoms in total. The largest absolute Gasteiger partial charge is 0.290 e. The van der Waals surface area contributed by atoms with Gasteiger partial charge in [-0.25, -0.2) is 28.5 Å². The van der Waals surface area contributed by atoms with Crippen LogP contribution in [0.1, 0.15) is 19.3 Å². The van der Waals surface area contributed by atoms with Crippen molar-refractivity contribution >= 4 is 44.4 Å². The molecule has 0 spiro atoms. The molecule has 4 N–H and O–H groups in total. The summed E-state index contributed by atoms with van der Waals surface area (Å²) in [6.07, 6.45) is 1.72. The Morgan fingerprint density at radius 2 is 2.21 bits per heavy atom. The molecule has 1 aromatic rings. The zero-order chi connectivity index (χ0) is 17.7. The molecule has 0 saturated carbocycles. The number of carbonyl (C=O) groups excluding carboxylic acids is 1. The van der Waals surface area contributed by atoms with E-state index in [9.17, 15) is 18.6 Å². The SMILES string of the molecule is NS(=O)N1CCCC(C(=O)C(=Nc2ccc(F)c(Br)c2)NO)CC1. The Bertz CT molecular complexity index is 673. The number of carbonyl (C=O) groups is 1. The standard InChI is InChI=1S/C14H18BrFN4O3S/c15-11-8-10(3-4-12(11)16)18-14(19-22)13(21)9-2-1-6-20(7-5-9)24(17)23/h3-4,8-9,22H,1-2,5-7,17H2,(H,18,19). The predicted octanol–water partition coefficient (Wildman–Crippen LogP) is 1.81. The maximum absolute atomic E-state index is 13.2. The van der Waals surface area contributed by atoms with Gasteiger partial charge in [-0.3, -0.25) is 10.0 Å². The average Bonchev–Trinajstić information content (AvgIpc) is 2.81. The first-order chi connectivity index (χ1) is 11.4. The summed E-state index contributed by atoms with van der Waals surface area (Å²) in [6.45, 7) is 0.983. The molecule has 24 heavy (non-hydrogen) atoms. The van der Waals surface area contributed by atoms with E-state index in [1.54, 1.807) is 4.31 Å². The van der Waals surface area contributed by atoms with Gasteiger partial charge in [-0.2, -0.15) is 0 Å². The fourth-order valence-electron chi connectivity index (χ4n) is 2.52. The number of halogens is 2. The second-order valence-corrected chi connectivity index (χ2v) is 7.29. The summed E-state index contributed by atoms with van der Waals surface area (Å²) in [5.41, 5.74) is 2.15. The lowest BCUT2D eigenvalue weighted by Gasteiger charge is -2.16. The van der Waals surface area contributed by atoms with Crippen LogP contribution in [0.5, 0.6) is 0 Å². The van der Waals surface area contributed by atoms with Gasteiger partial charge >= 0.3 is 0 Å². The molecule has 1 fully saturated rings. The zero-order valence-corrected chi connectivity index (χ0v) is 15.1. The summed E-state index contributed by atoms with van der Waals surface area (Å²) < 4.78 is 26.4. The number of nitrogens with zero attached hydrogens (tertiary/aromatic N) is 2. The third-order valence-electron chi connectivity index (χ3n) is 3.80. The van der Waals surface area contributed by atoms with Crippen LogP contribution in [0.3, 0.4) is 0 Å². The van der Waals surface area contributed by atoms with E-state index in [2.05, 4.69) is 20.9 Å². The number of benzene rings is 1. The summed E-state index contributed by atoms with van der Waals surface area (Å²) in [4.78, 5) is 16.6. The second-order valence-electron chi connectivity index (χ2n) is 5.37. The maximum atomic E-state index is 13.2. The molecule has 2 rings (SSSR count). The van der Waals surface area contributed by atoms with Crippen molar-refractivity contribution in [2.24, 2.45) is 16.0 Å². The van der Waals surface area contributed by atoms with Gasteiger partial charge in [0.15, 0.2) is 17.0 Å². The molecule has 1 aliphatic heterocycles. The Morgan fingerprint density at radius 1 is 1.46 bits per heavy atom. The number of aliphatic imine (C=N–C) groups is 1. The number of rotatable bonds is 4. The van der Waals surface area contributed by atoms with Gasteiger partial charge in [0.1, 0.15) is 5.82 Å². The molecule has 0 aromatic heterocycles. The number of hydrogen-bond donors (Lipinski definition) is 3. The molecule has 10 heteroatoms. The van der Waals surface area contributed by atoms with Gasteiger partial charge in [0, 0.05) is 19.0 Å². The van der Waals surface area contributed by atoms with E-state index in [-0.39, 0.29) is 22.0 Å². The Kier molecular flexibility index (Phi) is 6.99. The van der Waals surface area contributed by atoms with Crippen molar-refractivity contribution in [3.8, 4) is 0 Å². The zero-order valence-electron chi connectivity index (χ0n) is 12.7. The highest BCUT2D eigenvalue weighted by Crippen LogP contribution is 2.23. The van der Waals surface area contributed by atoms with Crippen molar-refractivity contribution in [1.82, 2.24) is 9.79 Å². The van der Waals surface area contributed by atoms with E-state index >= 15 is 0 Å². The van der Waals surface area contributed by atoms with Crippen molar-refractivity contribution < 1.29 is 18.6 Å². The van der Waals surface area contributed by atoms with Crippen LogP contribution in [0.2, 0.25) is 0 Å². The summed E-state index contributed by atoms with van der Waals surface area (Å²) in [5.74, 6) is -1.36. The Hall–Kier alpha value is -1.20. The minimum absolute atomic E-state index is 0.208. The highest BCUT2D eigenvalue weighted by atomic mass is 79.9. The molecule has 1 saturated heterocycles. The molecular weight excluding hydrogens is 403 g/mol. The number of hydroxylamine groups is 1. The number of nitrogens with one attached hydrogen (secondary N) is 1. The van der Waals surface area contributed by atoms with Gasteiger partial charge in [0.25, 0.3) is 0 Å². The van der Waals surface area contributed by atoms with E-state index in [4.69, 9.17) is 5.14 Å². The highest BCUT2D eigenvalue weighted by Gasteiger charge is 2.27. The molecular formula is C14H18BrFN4O3S. The number of amidine groups is 1. The summed E-state index contributed by atoms with van der Waals surface area (Å²) in [6, 6.07) is 4.02. The van der Waals surface area contributed by atoms with E-state index in [0.717, 1.165) is 0 Å². The Balaban J connectivity index is 2.14. The Labute approximate surface area is 149 Å². The fourth-order valence-corrected chi connectivity index (χ4v) is 3.49. The van der Waals surface area contributed by atoms with Crippen LogP contribution in [0.25, 0.3) is 0 Å². The van der Waals surface area contributed by atoms with Crippen molar-refractivity contribution in [2.75, 3.05) is 13.1 Å². The topological polar surface area (TPSA) is 108 Å². The molecule has 0 bridgehead atoms. The lowest BCUT2D eigenvalue weighted by atomic mass is 9.95. The van der Waals surface area contributed by atoms with E-state index in [0.29, 0.717) is 38.0 Å². The molecule has 0 aliphatic carbocycles. The monoisotopic (exact) mass is 420 g/mol. The minimum atomic E-state index is -1.55. The first kappa shape index (κ1) is 19.1. The molecule has 0 radical (unpaired) electrons. The van der Waals surface area contributed by atoms with Crippen molar-refractivity contribution in [3.63, 3.8) is 0 Å². The van der Waals surface area contributed by atoms with Crippen molar-refractivity contribution in [2.45, 2.75) is 19.3 Å². The smallest absolute Gasteiger partial charge is 0.202 e. The van der Waals surface area contributed by atoms with Crippen LogP contribution in [0.4, 0.5) is 10.1 Å². The van der Waals surface area contributed by atoms with E-state index in [1.807, 2.05) is 5.48 Å². The van der Waals surface area contributed by atoms with Crippen LogP contribution in [0.15, 0.2) is 27.7 Å². The van der Waals surface area contributed by atoms with Crippen LogP contribution in [0, 0.1) is 11.7 Å². The van der Waals surface area contributed by atoms with Crippen molar-refractivity contribution in [1.29, 1.82) is 0 Å². The molecule has 2 atom stereocenters. The number of Topliss-reactive ketones (excluding diaryl/α,β-unsaturated/α-hetero) is 1. The third kappa shape index (κ3) is 4.90. The van der Waals surface area contributed by atoms with Crippen LogP contribution < -0.4 is 10.6 Å². The van der Waals surface area contributed by atoms with Gasteiger partial charge in [0.2, 0.25) is 5.78 Å². The number of hydrogen-bond acceptors (Lipinski definition) is 4. The van der Waals surface area contributed by atoms with Gasteiger partial charge in [-0.1, -0.05) is 0 Å². The van der Waals surface area contributed by atoms with Gasteiger partial charge < -0.3 is 0 Å². The van der Waals surface area contributed by atoms with Crippen LogP contribution in [-0.4, -0.2) is 38.4 Å². The van der Waals surface area contributed by atoms with Gasteiger partial charge in [0.05, 0.1) is 10.2 Å². The molecule has 2 unspecified atom stereocenters. The molecule has 0 amide bonds. The number of ketones is 1. The van der Waals surface area contributed by atoms with Crippen LogP contribution >= 0.6 is 15.9 Å². The van der Waals surface area contributed by atoms with Crippen molar-refractivity contribution in [3.05, 3.63) is 28.5 Å². The first-order valence-electron chi connectivity index (χ1n) is 7.31. The highest BCUT2D eigenvalue weighted by molar-refractivity contribution is 9.10. The van der Waals surface area contributed by atoms with Crippen LogP contribution in [-0.2, 0) is 16.0 Å². The minimum Gasteiger partial charge on any atom is -0.290 e. The van der Waals surface area contributed by atoms with E-state index in [1.165, 1.54) is 18.2 Å². The predicted molar refractivity (Wildman–Crippen MR) is 92.4 cm³/mol. The molecule has 1 aliphatic rings. The lowest BCUT2D eigenvalue weighted by Crippen LogP contribution is -2.35. The third-order valence-corrected chi connectivity index (χ3v) is 5.28. The Morgan fingerprint density at radius 3 is 2.83 bits per heavy atom. The normalized spacial score (nSPS) is 21.2. The van der Waals surface area contributed by atoms with Gasteiger partial charge in [-0.15, -0.1) is 0 Å². The second kappa shape index (κ2) is 8.77. The van der Waals surface area contributed by atoms with Gasteiger partial charge in [-0.05, 0) is 53.4 Å². The fraction of sp³-hybridized carbons (Fsp3) is 0.429. The first-order valence-corrected chi connectivity index (χ1v) is 9.28. The maximum Gasteiger partial charge on any atom is 0.202 e. The summed E-state index contributed by atoms with van der Waals surface area (Å²) in [5, 5.41) is 14.6. The molecule has 1 aromatic carbocycles. The quantitative estimate of drug-likeness (QED) is 0.392. The lowest BCUT2D eigenvalue weighted by molar-refractivity contribution is -0.117. The summed E-state index contributed by atoms with van der Waals surface area (Å²) in [7, 11) is 0. The number of nitrogens with two attached hydrogens (primary N) is 1. The molecule has 1 heterocycles. The summed E-state index contributed by atoms with van der Waals surface area (Å²) >= 11 is 1.49. The molecule has 132 valence electrons.